The van der Waals surface area contributed by atoms with Gasteiger partial charge in [-0.05, 0) is 54.8 Å². The minimum atomic E-state index is -0.670. The first-order valence-corrected chi connectivity index (χ1v) is 16.6. The third-order valence-electron chi connectivity index (χ3n) is 10.6. The van der Waals surface area contributed by atoms with Crippen molar-refractivity contribution >= 4 is 38.4 Å². The first-order valence-electron chi connectivity index (χ1n) is 16.6. The number of hydrogen-bond acceptors (Lipinski definition) is 9. The first-order chi connectivity index (χ1) is 23.4. The number of nitrogens with zero attached hydrogens (tertiary/aromatic N) is 6. The minimum Gasteiger partial charge on any atom is -0.508 e. The molecule has 2 bridgehead atoms. The van der Waals surface area contributed by atoms with Gasteiger partial charge in [-0.15, -0.1) is 6.42 Å². The second-order valence-corrected chi connectivity index (χ2v) is 13.5. The van der Waals surface area contributed by atoms with E-state index in [1.807, 2.05) is 6.20 Å². The average Bonchev–Trinajstić information content (AvgIpc) is 3.78. The number of aryl methyl sites for hydroxylation is 1. The predicted molar refractivity (Wildman–Crippen MR) is 178 cm³/mol. The van der Waals surface area contributed by atoms with E-state index in [0.29, 0.717) is 77.3 Å². The Hall–Kier alpha value is -4.57. The van der Waals surface area contributed by atoms with Crippen LogP contribution in [-0.4, -0.2) is 93.4 Å². The van der Waals surface area contributed by atoms with E-state index in [0.717, 1.165) is 38.8 Å². The zero-order valence-corrected chi connectivity index (χ0v) is 26.5. The topological polar surface area (TPSA) is 101 Å². The van der Waals surface area contributed by atoms with Crippen molar-refractivity contribution in [3.8, 4) is 35.2 Å². The molecule has 4 aliphatic rings. The Balaban J connectivity index is 1.27. The van der Waals surface area contributed by atoms with Gasteiger partial charge in [-0.3, -0.25) is 9.58 Å². The van der Waals surface area contributed by atoms with Gasteiger partial charge in [0.05, 0.1) is 24.2 Å². The van der Waals surface area contributed by atoms with E-state index >= 15 is 8.78 Å². The van der Waals surface area contributed by atoms with Crippen LogP contribution in [0, 0.1) is 24.0 Å². The smallest absolute Gasteiger partial charge is 0.319 e. The second-order valence-electron chi connectivity index (χ2n) is 13.5. The molecular weight excluding hydrogens is 616 g/mol. The summed E-state index contributed by atoms with van der Waals surface area (Å²) in [5.41, 5.74) is 0.689. The van der Waals surface area contributed by atoms with Gasteiger partial charge in [-0.1, -0.05) is 12.0 Å². The van der Waals surface area contributed by atoms with E-state index in [-0.39, 0.29) is 40.0 Å². The number of benzene rings is 3. The molecule has 3 aromatic carbocycles. The number of terminal acetylenes is 1. The lowest BCUT2D eigenvalue weighted by Gasteiger charge is -2.35. The van der Waals surface area contributed by atoms with E-state index in [4.69, 9.17) is 31.0 Å². The number of fused-ring (bicyclic) bond motifs is 7. The highest BCUT2D eigenvalue weighted by Crippen LogP contribution is 2.45. The molecule has 246 valence electrons. The van der Waals surface area contributed by atoms with Gasteiger partial charge in [0, 0.05) is 73.4 Å². The monoisotopic (exact) mass is 651 g/mol. The van der Waals surface area contributed by atoms with Crippen molar-refractivity contribution in [2.75, 3.05) is 44.4 Å². The van der Waals surface area contributed by atoms with Crippen LogP contribution in [0.5, 0.6) is 11.8 Å². The van der Waals surface area contributed by atoms with Gasteiger partial charge in [0.2, 0.25) is 0 Å². The number of hydrogen-bond donors (Lipinski definition) is 2. The van der Waals surface area contributed by atoms with Crippen LogP contribution >= 0.6 is 0 Å². The molecule has 4 atom stereocenters. The summed E-state index contributed by atoms with van der Waals surface area (Å²) in [5.74, 6) is 1.65. The van der Waals surface area contributed by atoms with E-state index in [2.05, 4.69) is 21.0 Å². The van der Waals surface area contributed by atoms with Crippen molar-refractivity contribution in [1.82, 2.24) is 30.0 Å². The van der Waals surface area contributed by atoms with E-state index in [1.165, 1.54) is 24.3 Å². The Labute approximate surface area is 275 Å². The number of rotatable bonds is 5. The lowest BCUT2D eigenvalue weighted by atomic mass is 9.91. The first kappa shape index (κ1) is 29.6. The lowest BCUT2D eigenvalue weighted by Crippen LogP contribution is -2.51. The highest BCUT2D eigenvalue weighted by molar-refractivity contribution is 6.18. The van der Waals surface area contributed by atoms with E-state index < -0.39 is 11.6 Å². The molecule has 0 radical (unpaired) electrons. The van der Waals surface area contributed by atoms with E-state index in [1.54, 1.807) is 11.7 Å². The molecule has 5 aromatic rings. The number of aromatic hydroxyl groups is 1. The number of phenols is 1. The van der Waals surface area contributed by atoms with Gasteiger partial charge in [-0.2, -0.15) is 15.1 Å². The highest BCUT2D eigenvalue weighted by atomic mass is 19.1. The summed E-state index contributed by atoms with van der Waals surface area (Å²) in [4.78, 5) is 14.4. The number of piperazine rings is 1. The predicted octanol–water partition coefficient (Wildman–Crippen LogP) is 4.48. The fourth-order valence-electron chi connectivity index (χ4n) is 8.48. The third-order valence-corrected chi connectivity index (χ3v) is 10.6. The Bertz CT molecular complexity index is 2150. The largest absolute Gasteiger partial charge is 0.508 e. The third kappa shape index (κ3) is 4.67. The zero-order valence-electron chi connectivity index (χ0n) is 26.5. The van der Waals surface area contributed by atoms with Gasteiger partial charge in [-0.25, -0.2) is 8.78 Å². The van der Waals surface area contributed by atoms with Crippen molar-refractivity contribution in [1.29, 1.82) is 0 Å². The molecule has 2 N–H and O–H groups in total. The Kier molecular flexibility index (Phi) is 6.93. The van der Waals surface area contributed by atoms with Crippen LogP contribution in [0.4, 0.5) is 14.6 Å². The number of aromatic nitrogens is 4. The molecule has 0 aliphatic carbocycles. The molecule has 4 aliphatic heterocycles. The summed E-state index contributed by atoms with van der Waals surface area (Å²) in [6.07, 6.45) is 11.8. The Morgan fingerprint density at radius 1 is 1.08 bits per heavy atom. The number of phenolic OH excluding ortho intramolecular Hbond substituents is 1. The Morgan fingerprint density at radius 3 is 2.73 bits per heavy atom. The molecule has 4 saturated heterocycles. The summed E-state index contributed by atoms with van der Waals surface area (Å²) in [6, 6.07) is 6.95. The summed E-state index contributed by atoms with van der Waals surface area (Å²) < 4.78 is 46.2. The summed E-state index contributed by atoms with van der Waals surface area (Å²) in [7, 11) is 1.77. The number of nitrogens with one attached hydrogen (secondary N) is 1. The Morgan fingerprint density at radius 2 is 1.92 bits per heavy atom. The average molecular weight is 652 g/mol. The lowest BCUT2D eigenvalue weighted by molar-refractivity contribution is -0.0101. The number of anilines is 1. The maximum atomic E-state index is 17.5. The van der Waals surface area contributed by atoms with Crippen LogP contribution < -0.4 is 15.0 Å². The minimum absolute atomic E-state index is 0.0206. The summed E-state index contributed by atoms with van der Waals surface area (Å²) in [6.45, 7) is 4.07. The quantitative estimate of drug-likeness (QED) is 0.267. The molecule has 2 aromatic heterocycles. The standard InChI is InChI=1S/C36H35F2N7O3/c1-3-25-28(37)9-4-19-12-24(46)13-26(29(19)25)30-32(38)34-31(27-16-43(2)42-33(27)30)35(44-14-20-5-6-21(15-44)39-20)41-36(40-34)48-18-23-8-7-22-17-47-11-10-45(22)23/h1,4,9,12-13,16,20-23,39,46H,5-8,10-11,14-15,17-18H2,2H3/t20-,21+,22-,23-/m1/s1. The number of morpholine rings is 1. The molecule has 4 fully saturated rings. The van der Waals surface area contributed by atoms with Crippen molar-refractivity contribution in [2.24, 2.45) is 7.05 Å². The molecule has 0 amide bonds. The van der Waals surface area contributed by atoms with Crippen LogP contribution in [0.2, 0.25) is 0 Å². The molecule has 9 rings (SSSR count). The molecule has 6 heterocycles. The van der Waals surface area contributed by atoms with Gasteiger partial charge in [0.1, 0.15) is 35.0 Å². The molecular formula is C36H35F2N7O3. The molecule has 48 heavy (non-hydrogen) atoms. The second kappa shape index (κ2) is 11.3. The normalized spacial score (nSPS) is 24.1. The molecule has 10 nitrogen and oxygen atoms in total. The number of halogens is 2. The molecule has 0 saturated carbocycles. The molecule has 0 spiro atoms. The highest BCUT2D eigenvalue weighted by Gasteiger charge is 2.37. The van der Waals surface area contributed by atoms with Gasteiger partial charge in [0.25, 0.3) is 0 Å². The van der Waals surface area contributed by atoms with Gasteiger partial charge < -0.3 is 24.8 Å². The van der Waals surface area contributed by atoms with Crippen LogP contribution in [0.1, 0.15) is 31.2 Å². The van der Waals surface area contributed by atoms with Gasteiger partial charge >= 0.3 is 6.01 Å². The zero-order chi connectivity index (χ0) is 32.7. The maximum absolute atomic E-state index is 17.5. The van der Waals surface area contributed by atoms with E-state index in [9.17, 15) is 5.11 Å². The summed E-state index contributed by atoms with van der Waals surface area (Å²) in [5, 5.41) is 21.1. The van der Waals surface area contributed by atoms with Crippen LogP contribution in [-0.2, 0) is 11.8 Å². The van der Waals surface area contributed by atoms with Crippen LogP contribution in [0.15, 0.2) is 30.5 Å². The maximum Gasteiger partial charge on any atom is 0.319 e. The van der Waals surface area contributed by atoms with Crippen molar-refractivity contribution in [3.05, 3.63) is 47.7 Å². The molecule has 12 heteroatoms. The van der Waals surface area contributed by atoms with Crippen LogP contribution in [0.25, 0.3) is 43.7 Å². The SMILES string of the molecule is C#Cc1c(F)ccc2cc(O)cc(-c3c(F)c4nc(OC[C@H]5CC[C@@H]6COCCN65)nc(N5C[C@H]6CC[C@@H](C5)N6)c4c4cn(C)nc34)c12. The van der Waals surface area contributed by atoms with Crippen LogP contribution in [0.3, 0.4) is 0 Å². The van der Waals surface area contributed by atoms with Crippen molar-refractivity contribution < 1.29 is 23.4 Å². The molecule has 0 unspecified atom stereocenters. The summed E-state index contributed by atoms with van der Waals surface area (Å²) >= 11 is 0. The fourth-order valence-corrected chi connectivity index (χ4v) is 8.48. The van der Waals surface area contributed by atoms with Crippen molar-refractivity contribution in [2.45, 2.75) is 49.9 Å². The van der Waals surface area contributed by atoms with Gasteiger partial charge in [0.15, 0.2) is 5.82 Å². The van der Waals surface area contributed by atoms with Crippen molar-refractivity contribution in [3.63, 3.8) is 0 Å². The fraction of sp³-hybridized carbons (Fsp3) is 0.417. The number of ether oxygens (including phenoxy) is 2.